The van der Waals surface area contributed by atoms with Gasteiger partial charge in [-0.25, -0.2) is 9.78 Å². The second kappa shape index (κ2) is 11.7. The molecule has 1 fully saturated rings. The van der Waals surface area contributed by atoms with E-state index in [-0.39, 0.29) is 18.5 Å². The van der Waals surface area contributed by atoms with Crippen molar-refractivity contribution in [2.75, 3.05) is 50.6 Å². The Bertz CT molecular complexity index is 1460. The standard InChI is InChI=1S/C30H34N6O3/c1-31-30(39)36-16-12-24-19-25(7-8-27(24)36)34(2)26-9-13-32-28(20-26)33-29(38)23-5-3-21(4-6-23)22-10-14-35(15-11-22)17-18-37/h3-9,12-13,16,19-20,22,37H,10-11,14-15,17-18H2,1-2H3,(H,31,39)(H,32,33,38). The minimum atomic E-state index is -0.205. The van der Waals surface area contributed by atoms with Crippen LogP contribution in [0.3, 0.4) is 0 Å². The maximum Gasteiger partial charge on any atom is 0.325 e. The van der Waals surface area contributed by atoms with Gasteiger partial charge in [-0.15, -0.1) is 0 Å². The van der Waals surface area contributed by atoms with Gasteiger partial charge in [0.2, 0.25) is 0 Å². The van der Waals surface area contributed by atoms with Gasteiger partial charge in [0.1, 0.15) is 5.82 Å². The number of fused-ring (bicyclic) bond motifs is 1. The summed E-state index contributed by atoms with van der Waals surface area (Å²) in [4.78, 5) is 33.7. The number of piperidine rings is 1. The molecule has 9 nitrogen and oxygen atoms in total. The summed E-state index contributed by atoms with van der Waals surface area (Å²) in [7, 11) is 3.56. The SMILES string of the molecule is CNC(=O)n1ccc2cc(N(C)c3ccnc(NC(=O)c4ccc(C5CCN(CCO)CC5)cc4)c3)ccc21. The molecular formula is C30H34N6O3. The van der Waals surface area contributed by atoms with Crippen LogP contribution in [0.2, 0.25) is 0 Å². The first-order valence-corrected chi connectivity index (χ1v) is 13.2. The van der Waals surface area contributed by atoms with Gasteiger partial charge in [-0.05, 0) is 79.9 Å². The van der Waals surface area contributed by atoms with E-state index in [1.165, 1.54) is 5.56 Å². The maximum atomic E-state index is 13.0. The zero-order valence-electron chi connectivity index (χ0n) is 22.3. The molecule has 2 amide bonds. The Balaban J connectivity index is 1.24. The molecule has 0 aliphatic carbocycles. The average molecular weight is 527 g/mol. The summed E-state index contributed by atoms with van der Waals surface area (Å²) >= 11 is 0. The van der Waals surface area contributed by atoms with Gasteiger partial charge in [-0.1, -0.05) is 12.1 Å². The number of β-amino-alcohol motifs (C(OH)–C–C–N with tert-alkyl or cyclic N) is 1. The molecular weight excluding hydrogens is 492 g/mol. The van der Waals surface area contributed by atoms with E-state index in [2.05, 4.69) is 20.5 Å². The molecule has 3 N–H and O–H groups in total. The number of carbonyl (C=O) groups is 2. The van der Waals surface area contributed by atoms with Gasteiger partial charge >= 0.3 is 6.03 Å². The zero-order chi connectivity index (χ0) is 27.4. The molecule has 202 valence electrons. The van der Waals surface area contributed by atoms with E-state index in [4.69, 9.17) is 5.11 Å². The van der Waals surface area contributed by atoms with Crippen LogP contribution in [0.25, 0.3) is 10.9 Å². The molecule has 3 heterocycles. The summed E-state index contributed by atoms with van der Waals surface area (Å²) < 4.78 is 1.58. The third kappa shape index (κ3) is 5.79. The monoisotopic (exact) mass is 526 g/mol. The average Bonchev–Trinajstić information content (AvgIpc) is 3.40. The number of hydrogen-bond acceptors (Lipinski definition) is 6. The Kier molecular flexibility index (Phi) is 7.90. The number of amides is 2. The molecule has 0 saturated carbocycles. The minimum Gasteiger partial charge on any atom is -0.395 e. The van der Waals surface area contributed by atoms with E-state index in [0.717, 1.165) is 54.8 Å². The predicted octanol–water partition coefficient (Wildman–Crippen LogP) is 4.42. The van der Waals surface area contributed by atoms with E-state index < -0.39 is 0 Å². The van der Waals surface area contributed by atoms with Crippen LogP contribution in [0.5, 0.6) is 0 Å². The van der Waals surface area contributed by atoms with Crippen LogP contribution in [0.4, 0.5) is 22.0 Å². The van der Waals surface area contributed by atoms with Crippen LogP contribution in [-0.4, -0.2) is 71.8 Å². The van der Waals surface area contributed by atoms with E-state index in [9.17, 15) is 9.59 Å². The van der Waals surface area contributed by atoms with Gasteiger partial charge in [0.15, 0.2) is 0 Å². The van der Waals surface area contributed by atoms with Gasteiger partial charge in [-0.3, -0.25) is 9.36 Å². The van der Waals surface area contributed by atoms with Crippen LogP contribution in [0, 0.1) is 0 Å². The second-order valence-corrected chi connectivity index (χ2v) is 9.86. The number of carbonyl (C=O) groups excluding carboxylic acids is 2. The number of aromatic nitrogens is 2. The van der Waals surface area contributed by atoms with Gasteiger partial charge in [0.05, 0.1) is 12.1 Å². The molecule has 0 unspecified atom stereocenters. The lowest BCUT2D eigenvalue weighted by Gasteiger charge is -2.31. The van der Waals surface area contributed by atoms with Crippen LogP contribution in [-0.2, 0) is 0 Å². The molecule has 1 saturated heterocycles. The lowest BCUT2D eigenvalue weighted by Crippen LogP contribution is -2.34. The molecule has 39 heavy (non-hydrogen) atoms. The van der Waals surface area contributed by atoms with E-state index in [0.29, 0.717) is 17.3 Å². The lowest BCUT2D eigenvalue weighted by atomic mass is 9.89. The highest BCUT2D eigenvalue weighted by atomic mass is 16.3. The number of likely N-dealkylation sites (tertiary alicyclic amines) is 1. The number of aliphatic hydroxyl groups excluding tert-OH is 1. The topological polar surface area (TPSA) is 103 Å². The quantitative estimate of drug-likeness (QED) is 0.330. The molecule has 1 aliphatic heterocycles. The third-order valence-corrected chi connectivity index (χ3v) is 7.51. The van der Waals surface area contributed by atoms with Gasteiger partial charge in [-0.2, -0.15) is 0 Å². The summed E-state index contributed by atoms with van der Waals surface area (Å²) in [5, 5.41) is 15.7. The Hall–Kier alpha value is -4.21. The number of rotatable bonds is 7. The minimum absolute atomic E-state index is 0.185. The van der Waals surface area contributed by atoms with Crippen LogP contribution >= 0.6 is 0 Å². The fourth-order valence-corrected chi connectivity index (χ4v) is 5.21. The summed E-state index contributed by atoms with van der Waals surface area (Å²) in [5.74, 6) is 0.743. The molecule has 0 atom stereocenters. The molecule has 0 radical (unpaired) electrons. The highest BCUT2D eigenvalue weighted by molar-refractivity contribution is 6.04. The highest BCUT2D eigenvalue weighted by Crippen LogP contribution is 2.30. The number of pyridine rings is 1. The normalized spacial score (nSPS) is 14.3. The maximum absolute atomic E-state index is 13.0. The summed E-state index contributed by atoms with van der Waals surface area (Å²) in [6.07, 6.45) is 5.54. The molecule has 2 aromatic carbocycles. The third-order valence-electron chi connectivity index (χ3n) is 7.51. The van der Waals surface area contributed by atoms with Crippen molar-refractivity contribution >= 4 is 40.0 Å². The van der Waals surface area contributed by atoms with E-state index >= 15 is 0 Å². The summed E-state index contributed by atoms with van der Waals surface area (Å²) in [5.41, 5.74) is 4.47. The largest absolute Gasteiger partial charge is 0.395 e. The van der Waals surface area contributed by atoms with Crippen molar-refractivity contribution in [2.45, 2.75) is 18.8 Å². The van der Waals surface area contributed by atoms with Crippen molar-refractivity contribution in [3.63, 3.8) is 0 Å². The Labute approximate surface area is 228 Å². The first kappa shape index (κ1) is 26.4. The molecule has 4 aromatic rings. The number of benzene rings is 2. The fraction of sp³-hybridized carbons (Fsp3) is 0.300. The van der Waals surface area contributed by atoms with Gasteiger partial charge < -0.3 is 25.5 Å². The number of anilines is 3. The predicted molar refractivity (Wildman–Crippen MR) is 154 cm³/mol. The van der Waals surface area contributed by atoms with Crippen molar-refractivity contribution < 1.29 is 14.7 Å². The van der Waals surface area contributed by atoms with Crippen LogP contribution in [0.15, 0.2) is 73.1 Å². The molecule has 2 aromatic heterocycles. The second-order valence-electron chi connectivity index (χ2n) is 9.86. The first-order valence-electron chi connectivity index (χ1n) is 13.2. The van der Waals surface area contributed by atoms with Crippen LogP contribution in [0.1, 0.15) is 34.7 Å². The number of nitrogens with zero attached hydrogens (tertiary/aromatic N) is 4. The molecule has 0 bridgehead atoms. The van der Waals surface area contributed by atoms with E-state index in [1.807, 2.05) is 72.6 Å². The van der Waals surface area contributed by atoms with Gasteiger partial charge in [0.25, 0.3) is 5.91 Å². The highest BCUT2D eigenvalue weighted by Gasteiger charge is 2.20. The first-order chi connectivity index (χ1) is 19.0. The number of aliphatic hydroxyl groups is 1. The number of hydrogen-bond donors (Lipinski definition) is 3. The van der Waals surface area contributed by atoms with Crippen LogP contribution < -0.4 is 15.5 Å². The Morgan fingerprint density at radius 2 is 1.77 bits per heavy atom. The summed E-state index contributed by atoms with van der Waals surface area (Å²) in [6.45, 7) is 2.91. The molecule has 0 spiro atoms. The van der Waals surface area contributed by atoms with E-state index in [1.54, 1.807) is 24.0 Å². The zero-order valence-corrected chi connectivity index (χ0v) is 22.3. The van der Waals surface area contributed by atoms with Crippen molar-refractivity contribution in [3.8, 4) is 0 Å². The summed E-state index contributed by atoms with van der Waals surface area (Å²) in [6, 6.07) is 19.2. The van der Waals surface area contributed by atoms with Crippen molar-refractivity contribution in [1.29, 1.82) is 0 Å². The smallest absolute Gasteiger partial charge is 0.325 e. The van der Waals surface area contributed by atoms with Gasteiger partial charge in [0, 0.05) is 61.4 Å². The van der Waals surface area contributed by atoms with Crippen molar-refractivity contribution in [3.05, 3.63) is 84.2 Å². The lowest BCUT2D eigenvalue weighted by molar-refractivity contribution is 0.102. The molecule has 9 heteroatoms. The Morgan fingerprint density at radius 1 is 1.03 bits per heavy atom. The molecule has 1 aliphatic rings. The fourth-order valence-electron chi connectivity index (χ4n) is 5.21. The number of nitrogens with one attached hydrogen (secondary N) is 2. The Morgan fingerprint density at radius 3 is 2.49 bits per heavy atom. The van der Waals surface area contributed by atoms with Crippen molar-refractivity contribution in [2.24, 2.45) is 0 Å². The van der Waals surface area contributed by atoms with Crippen molar-refractivity contribution in [1.82, 2.24) is 19.8 Å². The molecule has 5 rings (SSSR count).